The molecule has 5 heteroatoms. The van der Waals surface area contributed by atoms with E-state index in [0.717, 1.165) is 24.5 Å². The number of nitrogen functional groups attached to an aromatic ring is 1. The number of hydrogen-bond donors (Lipinski definition) is 1. The minimum Gasteiger partial charge on any atom is -0.396 e. The second-order valence-electron chi connectivity index (χ2n) is 6.85. The highest BCUT2D eigenvalue weighted by molar-refractivity contribution is 7.19. The van der Waals surface area contributed by atoms with E-state index in [4.69, 9.17) is 5.73 Å². The van der Waals surface area contributed by atoms with Gasteiger partial charge in [-0.1, -0.05) is 27.7 Å². The fourth-order valence-electron chi connectivity index (χ4n) is 2.80. The predicted octanol–water partition coefficient (Wildman–Crippen LogP) is 3.67. The number of Topliss-reactive ketones (excluding diaryl/α,β-unsaturated/α-hetero) is 1. The number of rotatable bonds is 3. The number of nitrogens with two attached hydrogens (primary N) is 1. The summed E-state index contributed by atoms with van der Waals surface area (Å²) in [6.45, 7) is 10.0. The second-order valence-corrected chi connectivity index (χ2v) is 7.84. The van der Waals surface area contributed by atoms with E-state index >= 15 is 0 Å². The number of ketones is 1. The summed E-state index contributed by atoms with van der Waals surface area (Å²) < 4.78 is 0. The maximum atomic E-state index is 12.3. The van der Waals surface area contributed by atoms with Crippen molar-refractivity contribution in [3.8, 4) is 6.07 Å². The summed E-state index contributed by atoms with van der Waals surface area (Å²) in [7, 11) is 0. The van der Waals surface area contributed by atoms with Gasteiger partial charge in [-0.25, -0.2) is 0 Å². The largest absolute Gasteiger partial charge is 0.396 e. The summed E-state index contributed by atoms with van der Waals surface area (Å²) >= 11 is 1.38. The zero-order valence-corrected chi connectivity index (χ0v) is 14.0. The van der Waals surface area contributed by atoms with Crippen molar-refractivity contribution in [2.75, 3.05) is 23.7 Å². The van der Waals surface area contributed by atoms with Crippen LogP contribution in [-0.2, 0) is 0 Å². The molecule has 0 atom stereocenters. The molecule has 0 unspecified atom stereocenters. The van der Waals surface area contributed by atoms with Crippen molar-refractivity contribution in [2.45, 2.75) is 40.5 Å². The molecular formula is C16H23N3OS. The van der Waals surface area contributed by atoms with Gasteiger partial charge in [0.25, 0.3) is 0 Å². The van der Waals surface area contributed by atoms with Crippen LogP contribution in [0.15, 0.2) is 0 Å². The molecule has 1 aromatic rings. The number of carbonyl (C=O) groups is 1. The molecule has 0 aliphatic carbocycles. The Balaban J connectivity index is 2.43. The molecule has 0 amide bonds. The SMILES string of the molecule is CC(C)C(=O)c1sc(N2CCCC(C)(C)C2)c(C#N)c1N. The molecule has 1 aliphatic heterocycles. The van der Waals surface area contributed by atoms with E-state index in [2.05, 4.69) is 24.8 Å². The van der Waals surface area contributed by atoms with Gasteiger partial charge in [-0.05, 0) is 18.3 Å². The number of nitrogens with zero attached hydrogens (tertiary/aromatic N) is 2. The molecule has 1 fully saturated rings. The van der Waals surface area contributed by atoms with Crippen LogP contribution >= 0.6 is 11.3 Å². The van der Waals surface area contributed by atoms with Gasteiger partial charge in [0.15, 0.2) is 5.78 Å². The Kier molecular flexibility index (Phi) is 4.29. The molecule has 114 valence electrons. The van der Waals surface area contributed by atoms with E-state index in [1.165, 1.54) is 17.8 Å². The van der Waals surface area contributed by atoms with E-state index in [1.807, 2.05) is 13.8 Å². The standard InChI is InChI=1S/C16H23N3OS/c1-10(2)13(20)14-12(18)11(8-17)15(21-14)19-7-5-6-16(3,4)9-19/h10H,5-7,9,18H2,1-4H3. The summed E-state index contributed by atoms with van der Waals surface area (Å²) in [5, 5.41) is 10.3. The van der Waals surface area contributed by atoms with E-state index in [1.54, 1.807) is 0 Å². The minimum atomic E-state index is -0.108. The number of carbonyl (C=O) groups excluding carboxylic acids is 1. The highest BCUT2D eigenvalue weighted by Gasteiger charge is 2.31. The molecule has 0 saturated carbocycles. The van der Waals surface area contributed by atoms with Gasteiger partial charge >= 0.3 is 0 Å². The number of anilines is 2. The smallest absolute Gasteiger partial charge is 0.177 e. The van der Waals surface area contributed by atoms with Crippen molar-refractivity contribution < 1.29 is 4.79 Å². The summed E-state index contributed by atoms with van der Waals surface area (Å²) in [5.41, 5.74) is 7.13. The summed E-state index contributed by atoms with van der Waals surface area (Å²) in [4.78, 5) is 15.0. The highest BCUT2D eigenvalue weighted by atomic mass is 32.1. The van der Waals surface area contributed by atoms with Crippen LogP contribution in [-0.4, -0.2) is 18.9 Å². The summed E-state index contributed by atoms with van der Waals surface area (Å²) in [6, 6.07) is 2.19. The maximum Gasteiger partial charge on any atom is 0.177 e. The van der Waals surface area contributed by atoms with Gasteiger partial charge in [0.1, 0.15) is 16.6 Å². The van der Waals surface area contributed by atoms with Crippen molar-refractivity contribution in [3.05, 3.63) is 10.4 Å². The van der Waals surface area contributed by atoms with E-state index in [-0.39, 0.29) is 17.1 Å². The molecule has 1 aromatic heterocycles. The first-order chi connectivity index (χ1) is 9.76. The molecule has 1 aliphatic rings. The van der Waals surface area contributed by atoms with Gasteiger partial charge in [0.2, 0.25) is 0 Å². The first-order valence-electron chi connectivity index (χ1n) is 7.38. The molecule has 4 nitrogen and oxygen atoms in total. The minimum absolute atomic E-state index is 0.0246. The Labute approximate surface area is 130 Å². The van der Waals surface area contributed by atoms with Crippen LogP contribution in [0.5, 0.6) is 0 Å². The lowest BCUT2D eigenvalue weighted by Crippen LogP contribution is -2.40. The van der Waals surface area contributed by atoms with Crippen molar-refractivity contribution in [2.24, 2.45) is 11.3 Å². The molecule has 2 rings (SSSR count). The number of piperidine rings is 1. The first kappa shape index (κ1) is 15.8. The second kappa shape index (κ2) is 5.69. The van der Waals surface area contributed by atoms with Crippen molar-refractivity contribution in [1.82, 2.24) is 0 Å². The lowest BCUT2D eigenvalue weighted by atomic mass is 9.84. The predicted molar refractivity (Wildman–Crippen MR) is 87.8 cm³/mol. The zero-order chi connectivity index (χ0) is 15.8. The monoisotopic (exact) mass is 305 g/mol. The van der Waals surface area contributed by atoms with Crippen molar-refractivity contribution >= 4 is 27.8 Å². The third-order valence-electron chi connectivity index (χ3n) is 3.97. The summed E-state index contributed by atoms with van der Waals surface area (Å²) in [5.74, 6) is -0.0836. The Bertz CT molecular complexity index is 595. The third-order valence-corrected chi connectivity index (χ3v) is 5.26. The van der Waals surface area contributed by atoms with Crippen LogP contribution in [0.1, 0.15) is 55.8 Å². The van der Waals surface area contributed by atoms with Gasteiger partial charge in [-0.3, -0.25) is 4.79 Å². The number of hydrogen-bond acceptors (Lipinski definition) is 5. The zero-order valence-electron chi connectivity index (χ0n) is 13.2. The Morgan fingerprint density at radius 2 is 2.14 bits per heavy atom. The van der Waals surface area contributed by atoms with Crippen molar-refractivity contribution in [3.63, 3.8) is 0 Å². The molecule has 21 heavy (non-hydrogen) atoms. The molecule has 2 N–H and O–H groups in total. The van der Waals surface area contributed by atoms with Crippen molar-refractivity contribution in [1.29, 1.82) is 5.26 Å². The van der Waals surface area contributed by atoms with Crippen LogP contribution in [0.25, 0.3) is 0 Å². The molecule has 0 spiro atoms. The van der Waals surface area contributed by atoms with Gasteiger partial charge in [-0.15, -0.1) is 11.3 Å². The van der Waals surface area contributed by atoms with Crippen LogP contribution in [0.4, 0.5) is 10.7 Å². The lowest BCUT2D eigenvalue weighted by molar-refractivity contribution is 0.0944. The Morgan fingerprint density at radius 3 is 2.67 bits per heavy atom. The molecule has 0 bridgehead atoms. The molecule has 2 heterocycles. The Hall–Kier alpha value is -1.54. The topological polar surface area (TPSA) is 70.1 Å². The van der Waals surface area contributed by atoms with Crippen LogP contribution < -0.4 is 10.6 Å². The normalized spacial score (nSPS) is 17.8. The Morgan fingerprint density at radius 1 is 1.48 bits per heavy atom. The van der Waals surface area contributed by atoms with Crippen LogP contribution in [0.3, 0.4) is 0 Å². The summed E-state index contributed by atoms with van der Waals surface area (Å²) in [6.07, 6.45) is 2.28. The highest BCUT2D eigenvalue weighted by Crippen LogP contribution is 2.42. The average Bonchev–Trinajstić information content (AvgIpc) is 2.73. The lowest BCUT2D eigenvalue weighted by Gasteiger charge is -2.38. The van der Waals surface area contributed by atoms with Crippen LogP contribution in [0.2, 0.25) is 0 Å². The molecular weight excluding hydrogens is 282 g/mol. The van der Waals surface area contributed by atoms with Gasteiger partial charge < -0.3 is 10.6 Å². The van der Waals surface area contributed by atoms with Gasteiger partial charge in [0, 0.05) is 19.0 Å². The van der Waals surface area contributed by atoms with Gasteiger partial charge in [-0.2, -0.15) is 5.26 Å². The number of thiophene rings is 1. The van der Waals surface area contributed by atoms with Crippen LogP contribution in [0, 0.1) is 22.7 Å². The molecule has 1 saturated heterocycles. The maximum absolute atomic E-state index is 12.3. The molecule has 0 aromatic carbocycles. The number of nitriles is 1. The quantitative estimate of drug-likeness (QED) is 0.865. The van der Waals surface area contributed by atoms with Gasteiger partial charge in [0.05, 0.1) is 10.6 Å². The van der Waals surface area contributed by atoms with E-state index in [9.17, 15) is 10.1 Å². The third kappa shape index (κ3) is 3.06. The van der Waals surface area contributed by atoms with E-state index < -0.39 is 0 Å². The fourth-order valence-corrected chi connectivity index (χ4v) is 4.09. The van der Waals surface area contributed by atoms with E-state index in [0.29, 0.717) is 16.1 Å². The first-order valence-corrected chi connectivity index (χ1v) is 8.20. The average molecular weight is 305 g/mol. The fraction of sp³-hybridized carbons (Fsp3) is 0.625. The molecule has 0 radical (unpaired) electrons.